The number of morpholine rings is 1. The maximum absolute atomic E-state index is 13.2. The van der Waals surface area contributed by atoms with Crippen LogP contribution in [0.25, 0.3) is 0 Å². The molecule has 0 saturated carbocycles. The van der Waals surface area contributed by atoms with E-state index >= 15 is 0 Å². The molecule has 1 amide bonds. The van der Waals surface area contributed by atoms with Gasteiger partial charge in [0.1, 0.15) is 6.10 Å². The average Bonchev–Trinajstić information content (AvgIpc) is 2.48. The summed E-state index contributed by atoms with van der Waals surface area (Å²) in [6, 6.07) is 3.30. The van der Waals surface area contributed by atoms with Crippen molar-refractivity contribution in [3.05, 3.63) is 35.4 Å². The fourth-order valence-corrected chi connectivity index (χ4v) is 2.14. The van der Waals surface area contributed by atoms with Crippen molar-refractivity contribution in [1.82, 2.24) is 10.2 Å². The Morgan fingerprint density at radius 1 is 1.45 bits per heavy atom. The van der Waals surface area contributed by atoms with Crippen molar-refractivity contribution >= 4 is 5.91 Å². The third-order valence-corrected chi connectivity index (χ3v) is 3.56. The van der Waals surface area contributed by atoms with E-state index < -0.39 is 17.7 Å². The molecule has 6 heteroatoms. The predicted octanol–water partition coefficient (Wildman–Crippen LogP) is 1.47. The van der Waals surface area contributed by atoms with Crippen LogP contribution in [0, 0.1) is 11.6 Å². The molecule has 20 heavy (non-hydrogen) atoms. The summed E-state index contributed by atoms with van der Waals surface area (Å²) in [6.07, 6.45) is -0.526. The van der Waals surface area contributed by atoms with E-state index in [2.05, 4.69) is 5.32 Å². The SMILES string of the molecule is CC(c1ccc(F)c(F)c1)N(C)C(=O)C1CNCCO1. The first-order chi connectivity index (χ1) is 9.50. The lowest BCUT2D eigenvalue weighted by atomic mass is 10.1. The fraction of sp³-hybridized carbons (Fsp3) is 0.500. The molecule has 0 bridgehead atoms. The van der Waals surface area contributed by atoms with Gasteiger partial charge in [-0.25, -0.2) is 8.78 Å². The van der Waals surface area contributed by atoms with E-state index in [4.69, 9.17) is 4.74 Å². The van der Waals surface area contributed by atoms with Gasteiger partial charge in [-0.15, -0.1) is 0 Å². The molecule has 0 aromatic heterocycles. The van der Waals surface area contributed by atoms with E-state index in [1.807, 2.05) is 0 Å². The Balaban J connectivity index is 2.08. The molecule has 1 aliphatic heterocycles. The minimum Gasteiger partial charge on any atom is -0.366 e. The topological polar surface area (TPSA) is 41.6 Å². The highest BCUT2D eigenvalue weighted by molar-refractivity contribution is 5.81. The summed E-state index contributed by atoms with van der Waals surface area (Å²) in [5.74, 6) is -1.98. The van der Waals surface area contributed by atoms with E-state index in [0.29, 0.717) is 18.7 Å². The number of nitrogens with zero attached hydrogens (tertiary/aromatic N) is 1. The number of halogens is 2. The first kappa shape index (κ1) is 14.9. The summed E-state index contributed by atoms with van der Waals surface area (Å²) in [4.78, 5) is 13.7. The number of nitrogens with one attached hydrogen (secondary N) is 1. The molecular formula is C14H18F2N2O2. The van der Waals surface area contributed by atoms with Gasteiger partial charge in [-0.1, -0.05) is 6.07 Å². The van der Waals surface area contributed by atoms with Crippen LogP contribution in [-0.2, 0) is 9.53 Å². The van der Waals surface area contributed by atoms with Gasteiger partial charge >= 0.3 is 0 Å². The smallest absolute Gasteiger partial charge is 0.253 e. The van der Waals surface area contributed by atoms with Gasteiger partial charge in [-0.05, 0) is 24.6 Å². The summed E-state index contributed by atoms with van der Waals surface area (Å²) in [6.45, 7) is 3.45. The second kappa shape index (κ2) is 6.28. The highest BCUT2D eigenvalue weighted by Gasteiger charge is 2.28. The molecule has 2 atom stereocenters. The molecule has 1 saturated heterocycles. The van der Waals surface area contributed by atoms with Crippen molar-refractivity contribution in [2.24, 2.45) is 0 Å². The molecule has 2 unspecified atom stereocenters. The van der Waals surface area contributed by atoms with Crippen molar-refractivity contribution in [3.8, 4) is 0 Å². The van der Waals surface area contributed by atoms with E-state index in [0.717, 1.165) is 18.7 Å². The number of likely N-dealkylation sites (N-methyl/N-ethyl adjacent to an activating group) is 1. The summed E-state index contributed by atoms with van der Waals surface area (Å²) in [5.41, 5.74) is 0.545. The highest BCUT2D eigenvalue weighted by atomic mass is 19.2. The van der Waals surface area contributed by atoms with Gasteiger partial charge in [0.05, 0.1) is 12.6 Å². The van der Waals surface area contributed by atoms with Gasteiger partial charge in [0.25, 0.3) is 5.91 Å². The van der Waals surface area contributed by atoms with Crippen molar-refractivity contribution in [3.63, 3.8) is 0 Å². The normalized spacial score (nSPS) is 20.5. The van der Waals surface area contributed by atoms with Crippen LogP contribution < -0.4 is 5.32 Å². The van der Waals surface area contributed by atoms with E-state index in [-0.39, 0.29) is 11.9 Å². The number of amides is 1. The molecule has 0 spiro atoms. The van der Waals surface area contributed by atoms with E-state index in [1.165, 1.54) is 11.0 Å². The molecule has 0 aliphatic carbocycles. The fourth-order valence-electron chi connectivity index (χ4n) is 2.14. The van der Waals surface area contributed by atoms with Crippen LogP contribution in [0.15, 0.2) is 18.2 Å². The Labute approximate surface area is 116 Å². The van der Waals surface area contributed by atoms with Crippen LogP contribution in [0.5, 0.6) is 0 Å². The largest absolute Gasteiger partial charge is 0.366 e. The number of hydrogen-bond donors (Lipinski definition) is 1. The number of carbonyl (C=O) groups excluding carboxylic acids is 1. The van der Waals surface area contributed by atoms with Crippen LogP contribution in [0.2, 0.25) is 0 Å². The molecule has 0 radical (unpaired) electrons. The molecule has 1 aromatic carbocycles. The van der Waals surface area contributed by atoms with Gasteiger partial charge in [0.15, 0.2) is 11.6 Å². The number of benzene rings is 1. The van der Waals surface area contributed by atoms with Crippen LogP contribution in [0.3, 0.4) is 0 Å². The quantitative estimate of drug-likeness (QED) is 0.914. The van der Waals surface area contributed by atoms with Gasteiger partial charge in [0.2, 0.25) is 0 Å². The Bertz CT molecular complexity index is 490. The van der Waals surface area contributed by atoms with Crippen LogP contribution in [-0.4, -0.2) is 43.7 Å². The molecule has 110 valence electrons. The van der Waals surface area contributed by atoms with Gasteiger partial charge in [-0.3, -0.25) is 4.79 Å². The average molecular weight is 284 g/mol. The van der Waals surface area contributed by atoms with Crippen LogP contribution >= 0.6 is 0 Å². The molecule has 1 N–H and O–H groups in total. The third-order valence-electron chi connectivity index (χ3n) is 3.56. The molecule has 1 heterocycles. The lowest BCUT2D eigenvalue weighted by Gasteiger charge is -2.31. The van der Waals surface area contributed by atoms with Crippen molar-refractivity contribution in [1.29, 1.82) is 0 Å². The van der Waals surface area contributed by atoms with Crippen molar-refractivity contribution in [2.45, 2.75) is 19.1 Å². The molecular weight excluding hydrogens is 266 g/mol. The summed E-state index contributed by atoms with van der Waals surface area (Å²) in [7, 11) is 1.63. The predicted molar refractivity (Wildman–Crippen MR) is 70.2 cm³/mol. The Kier molecular flexibility index (Phi) is 4.67. The first-order valence-corrected chi connectivity index (χ1v) is 6.54. The van der Waals surface area contributed by atoms with Gasteiger partial charge in [-0.2, -0.15) is 0 Å². The second-order valence-corrected chi connectivity index (χ2v) is 4.86. The molecule has 4 nitrogen and oxygen atoms in total. The summed E-state index contributed by atoms with van der Waals surface area (Å²) in [5, 5.41) is 3.08. The third kappa shape index (κ3) is 3.13. The van der Waals surface area contributed by atoms with E-state index in [9.17, 15) is 13.6 Å². The summed E-state index contributed by atoms with van der Waals surface area (Å²) >= 11 is 0. The number of rotatable bonds is 3. The lowest BCUT2D eigenvalue weighted by Crippen LogP contribution is -2.48. The number of carbonyl (C=O) groups is 1. The standard InChI is InChI=1S/C14H18F2N2O2/c1-9(10-3-4-11(15)12(16)7-10)18(2)14(19)13-8-17-5-6-20-13/h3-4,7,9,13,17H,5-6,8H2,1-2H3. The molecule has 1 fully saturated rings. The maximum Gasteiger partial charge on any atom is 0.253 e. The molecule has 2 rings (SSSR count). The monoisotopic (exact) mass is 284 g/mol. The molecule has 1 aromatic rings. The van der Waals surface area contributed by atoms with Gasteiger partial charge < -0.3 is 15.0 Å². The minimum atomic E-state index is -0.911. The minimum absolute atomic E-state index is 0.172. The zero-order chi connectivity index (χ0) is 14.7. The van der Waals surface area contributed by atoms with Crippen molar-refractivity contribution in [2.75, 3.05) is 26.7 Å². The maximum atomic E-state index is 13.2. The number of ether oxygens (including phenoxy) is 1. The second-order valence-electron chi connectivity index (χ2n) is 4.86. The number of hydrogen-bond acceptors (Lipinski definition) is 3. The zero-order valence-electron chi connectivity index (χ0n) is 11.5. The van der Waals surface area contributed by atoms with Crippen LogP contribution in [0.4, 0.5) is 8.78 Å². The lowest BCUT2D eigenvalue weighted by molar-refractivity contribution is -0.145. The Morgan fingerprint density at radius 2 is 2.20 bits per heavy atom. The first-order valence-electron chi connectivity index (χ1n) is 6.54. The van der Waals surface area contributed by atoms with Crippen molar-refractivity contribution < 1.29 is 18.3 Å². The van der Waals surface area contributed by atoms with Gasteiger partial charge in [0, 0.05) is 20.1 Å². The van der Waals surface area contributed by atoms with Crippen LogP contribution in [0.1, 0.15) is 18.5 Å². The molecule has 1 aliphatic rings. The Morgan fingerprint density at radius 3 is 2.80 bits per heavy atom. The summed E-state index contributed by atoms with van der Waals surface area (Å²) < 4.78 is 31.6. The highest BCUT2D eigenvalue weighted by Crippen LogP contribution is 2.22. The zero-order valence-corrected chi connectivity index (χ0v) is 11.5. The Hall–Kier alpha value is -1.53. The van der Waals surface area contributed by atoms with E-state index in [1.54, 1.807) is 14.0 Å².